The van der Waals surface area contributed by atoms with Crippen LogP contribution in [0.4, 0.5) is 31.5 Å². The molecule has 4 rings (SSSR count). The fraction of sp³-hybridized carbons (Fsp3) is 0.350. The maximum atomic E-state index is 13.4. The zero-order valence-electron chi connectivity index (χ0n) is 15.0. The highest BCUT2D eigenvalue weighted by atomic mass is 19.3. The van der Waals surface area contributed by atoms with Crippen molar-refractivity contribution in [1.82, 2.24) is 0 Å². The number of alkyl halides is 2. The average Bonchev–Trinajstić information content (AvgIpc) is 2.87. The van der Waals surface area contributed by atoms with Crippen molar-refractivity contribution >= 4 is 28.7 Å². The number of amides is 1. The molecule has 7 heteroatoms. The summed E-state index contributed by atoms with van der Waals surface area (Å²) in [7, 11) is 0. The maximum Gasteiger partial charge on any atom is 0.266 e. The van der Waals surface area contributed by atoms with Crippen LogP contribution >= 0.6 is 0 Å². The topological polar surface area (TPSA) is 53.6 Å². The van der Waals surface area contributed by atoms with Crippen molar-refractivity contribution in [3.05, 3.63) is 42.0 Å². The van der Waals surface area contributed by atoms with Crippen molar-refractivity contribution < 1.29 is 18.3 Å². The number of ether oxygens (including phenoxy) is 1. The minimum Gasteiger partial charge on any atom is -0.491 e. The summed E-state index contributed by atoms with van der Waals surface area (Å²) in [4.78, 5) is 13.3. The minimum absolute atomic E-state index is 0.0617. The van der Waals surface area contributed by atoms with Gasteiger partial charge in [0.25, 0.3) is 5.92 Å². The molecule has 142 valence electrons. The Bertz CT molecular complexity index is 886. The monoisotopic (exact) mass is 373 g/mol. The molecule has 2 N–H and O–H groups in total. The van der Waals surface area contributed by atoms with Gasteiger partial charge in [0.2, 0.25) is 5.91 Å². The van der Waals surface area contributed by atoms with Crippen LogP contribution in [0, 0.1) is 6.92 Å². The summed E-state index contributed by atoms with van der Waals surface area (Å²) in [6.07, 6.45) is 0.227. The van der Waals surface area contributed by atoms with Gasteiger partial charge in [0.05, 0.1) is 25.3 Å². The van der Waals surface area contributed by atoms with Crippen molar-refractivity contribution in [1.29, 1.82) is 0 Å². The van der Waals surface area contributed by atoms with E-state index < -0.39 is 5.92 Å². The van der Waals surface area contributed by atoms with Gasteiger partial charge in [-0.3, -0.25) is 4.79 Å². The summed E-state index contributed by atoms with van der Waals surface area (Å²) in [5.74, 6) is -2.05. The van der Waals surface area contributed by atoms with E-state index in [1.54, 1.807) is 11.0 Å². The molecule has 2 aromatic rings. The van der Waals surface area contributed by atoms with E-state index in [0.717, 1.165) is 22.6 Å². The lowest BCUT2D eigenvalue weighted by Gasteiger charge is -2.20. The van der Waals surface area contributed by atoms with E-state index in [1.165, 1.54) is 0 Å². The lowest BCUT2D eigenvalue weighted by molar-refractivity contribution is -0.116. The molecule has 2 aliphatic rings. The molecule has 1 fully saturated rings. The van der Waals surface area contributed by atoms with Crippen LogP contribution < -0.4 is 20.3 Å². The molecule has 0 bridgehead atoms. The lowest BCUT2D eigenvalue weighted by atomic mass is 10.1. The molecule has 0 radical (unpaired) electrons. The highest BCUT2D eigenvalue weighted by Crippen LogP contribution is 2.35. The van der Waals surface area contributed by atoms with Gasteiger partial charge in [0.15, 0.2) is 0 Å². The summed E-state index contributed by atoms with van der Waals surface area (Å²) in [5.41, 5.74) is 4.15. The van der Waals surface area contributed by atoms with Crippen molar-refractivity contribution in [2.45, 2.75) is 25.7 Å². The smallest absolute Gasteiger partial charge is 0.266 e. The van der Waals surface area contributed by atoms with Crippen molar-refractivity contribution in [3.8, 4) is 5.75 Å². The second-order valence-corrected chi connectivity index (χ2v) is 7.01. The standard InChI is InChI=1S/C20H21F2N3O2/c1-13-10-15(25-8-7-20(21,22)12-25)3-5-16(13)23-14-2-4-17-18(11-14)27-9-6-19(26)24-17/h2-5,10-11,23H,6-9,12H2,1H3,(H,24,26). The quantitative estimate of drug-likeness (QED) is 0.842. The van der Waals surface area contributed by atoms with Crippen molar-refractivity contribution in [2.24, 2.45) is 0 Å². The number of carbonyl (C=O) groups is 1. The van der Waals surface area contributed by atoms with Crippen LogP contribution in [0.25, 0.3) is 0 Å². The first-order chi connectivity index (χ1) is 12.9. The van der Waals surface area contributed by atoms with E-state index in [2.05, 4.69) is 10.6 Å². The number of hydrogen-bond acceptors (Lipinski definition) is 4. The Kier molecular flexibility index (Phi) is 4.37. The molecule has 0 aromatic heterocycles. The van der Waals surface area contributed by atoms with Gasteiger partial charge in [-0.15, -0.1) is 0 Å². The first-order valence-electron chi connectivity index (χ1n) is 8.97. The molecule has 0 unspecified atom stereocenters. The number of carbonyl (C=O) groups excluding carboxylic acids is 1. The van der Waals surface area contributed by atoms with E-state index >= 15 is 0 Å². The average molecular weight is 373 g/mol. The molecule has 0 spiro atoms. The summed E-state index contributed by atoms with van der Waals surface area (Å²) in [5, 5.41) is 6.14. The van der Waals surface area contributed by atoms with Crippen LogP contribution in [0.3, 0.4) is 0 Å². The van der Waals surface area contributed by atoms with Crippen molar-refractivity contribution in [3.63, 3.8) is 0 Å². The second kappa shape index (κ2) is 6.72. The summed E-state index contributed by atoms with van der Waals surface area (Å²) < 4.78 is 32.5. The normalized spacial score (nSPS) is 18.3. The SMILES string of the molecule is Cc1cc(N2CCC(F)(F)C2)ccc1Nc1ccc2c(c1)OCCC(=O)N2. The van der Waals surface area contributed by atoms with Crippen LogP contribution in [0.5, 0.6) is 5.75 Å². The molecule has 0 saturated carbocycles. The highest BCUT2D eigenvalue weighted by molar-refractivity contribution is 5.93. The Morgan fingerprint density at radius 1 is 1.22 bits per heavy atom. The highest BCUT2D eigenvalue weighted by Gasteiger charge is 2.38. The van der Waals surface area contributed by atoms with Crippen LogP contribution in [0.2, 0.25) is 0 Å². The summed E-state index contributed by atoms with van der Waals surface area (Å²) in [6.45, 7) is 2.43. The molecule has 2 heterocycles. The van der Waals surface area contributed by atoms with E-state index in [-0.39, 0.29) is 18.9 Å². The number of nitrogens with one attached hydrogen (secondary N) is 2. The van der Waals surface area contributed by atoms with Gasteiger partial charge >= 0.3 is 0 Å². The number of rotatable bonds is 3. The van der Waals surface area contributed by atoms with Crippen LogP contribution in [0.15, 0.2) is 36.4 Å². The molecule has 27 heavy (non-hydrogen) atoms. The van der Waals surface area contributed by atoms with Crippen LogP contribution in [-0.4, -0.2) is 31.5 Å². The zero-order valence-corrected chi connectivity index (χ0v) is 15.0. The number of fused-ring (bicyclic) bond motifs is 1. The number of anilines is 4. The molecular formula is C20H21F2N3O2. The third-order valence-corrected chi connectivity index (χ3v) is 4.87. The molecule has 1 saturated heterocycles. The van der Waals surface area contributed by atoms with Crippen molar-refractivity contribution in [2.75, 3.05) is 35.2 Å². The Morgan fingerprint density at radius 2 is 2.07 bits per heavy atom. The predicted octanol–water partition coefficient (Wildman–Crippen LogP) is 4.31. The van der Waals surface area contributed by atoms with Gasteiger partial charge in [-0.05, 0) is 42.8 Å². The molecule has 5 nitrogen and oxygen atoms in total. The first kappa shape index (κ1) is 17.6. The number of halogens is 2. The van der Waals surface area contributed by atoms with E-state index in [4.69, 9.17) is 4.74 Å². The minimum atomic E-state index is -2.61. The zero-order chi connectivity index (χ0) is 19.0. The van der Waals surface area contributed by atoms with E-state index in [1.807, 2.05) is 37.3 Å². The van der Waals surface area contributed by atoms with Crippen LogP contribution in [0.1, 0.15) is 18.4 Å². The van der Waals surface area contributed by atoms with E-state index in [0.29, 0.717) is 31.0 Å². The number of aryl methyl sites for hydroxylation is 1. The molecule has 2 aliphatic heterocycles. The Morgan fingerprint density at radius 3 is 2.81 bits per heavy atom. The number of hydrogen-bond donors (Lipinski definition) is 2. The number of benzene rings is 2. The predicted molar refractivity (Wildman–Crippen MR) is 101 cm³/mol. The third kappa shape index (κ3) is 3.82. The van der Waals surface area contributed by atoms with E-state index in [9.17, 15) is 13.6 Å². The van der Waals surface area contributed by atoms with Gasteiger partial charge in [-0.2, -0.15) is 0 Å². The lowest BCUT2D eigenvalue weighted by Crippen LogP contribution is -2.24. The fourth-order valence-electron chi connectivity index (χ4n) is 3.39. The maximum absolute atomic E-state index is 13.4. The second-order valence-electron chi connectivity index (χ2n) is 7.01. The van der Waals surface area contributed by atoms with Gasteiger partial charge in [-0.1, -0.05) is 0 Å². The Labute approximate surface area is 156 Å². The molecule has 0 atom stereocenters. The number of nitrogens with zero attached hydrogens (tertiary/aromatic N) is 1. The Balaban J connectivity index is 1.51. The van der Waals surface area contributed by atoms with Gasteiger partial charge < -0.3 is 20.3 Å². The van der Waals surface area contributed by atoms with Crippen LogP contribution in [-0.2, 0) is 4.79 Å². The molecule has 2 aromatic carbocycles. The van der Waals surface area contributed by atoms with Gasteiger partial charge in [-0.25, -0.2) is 8.78 Å². The molecule has 1 amide bonds. The largest absolute Gasteiger partial charge is 0.491 e. The Hall–Kier alpha value is -2.83. The molecular weight excluding hydrogens is 352 g/mol. The first-order valence-corrected chi connectivity index (χ1v) is 8.97. The summed E-state index contributed by atoms with van der Waals surface area (Å²) >= 11 is 0. The summed E-state index contributed by atoms with van der Waals surface area (Å²) in [6, 6.07) is 11.2. The molecule has 0 aliphatic carbocycles. The third-order valence-electron chi connectivity index (χ3n) is 4.87. The van der Waals surface area contributed by atoms with Gasteiger partial charge in [0.1, 0.15) is 5.75 Å². The van der Waals surface area contributed by atoms with Gasteiger partial charge in [0, 0.05) is 36.1 Å². The fourth-order valence-corrected chi connectivity index (χ4v) is 3.39.